The van der Waals surface area contributed by atoms with Crippen LogP contribution in [0.15, 0.2) is 24.3 Å². The van der Waals surface area contributed by atoms with E-state index in [1.165, 1.54) is 24.1 Å². The zero-order chi connectivity index (χ0) is 17.1. The molecule has 1 fully saturated rings. The number of ether oxygens (including phenoxy) is 1. The lowest BCUT2D eigenvalue weighted by atomic mass is 10.0. The Kier molecular flexibility index (Phi) is 4.86. The molecule has 1 aliphatic heterocycles. The molecule has 2 aromatic rings. The van der Waals surface area contributed by atoms with Gasteiger partial charge in [0, 0.05) is 30.9 Å². The van der Waals surface area contributed by atoms with E-state index in [1.54, 1.807) is 12.1 Å². The van der Waals surface area contributed by atoms with Gasteiger partial charge in [0.2, 0.25) is 0 Å². The normalized spacial score (nSPS) is 17.8. The van der Waals surface area contributed by atoms with Gasteiger partial charge in [-0.15, -0.1) is 0 Å². The molecule has 0 N–H and O–H groups in total. The van der Waals surface area contributed by atoms with Gasteiger partial charge in [0.25, 0.3) is 0 Å². The van der Waals surface area contributed by atoms with Gasteiger partial charge in [0.05, 0.1) is 17.3 Å². The fourth-order valence-corrected chi connectivity index (χ4v) is 3.63. The van der Waals surface area contributed by atoms with Crippen LogP contribution in [0, 0.1) is 25.2 Å². The summed E-state index contributed by atoms with van der Waals surface area (Å²) in [6.07, 6.45) is 2.39. The second-order valence-corrected chi connectivity index (χ2v) is 6.39. The van der Waals surface area contributed by atoms with Gasteiger partial charge in [-0.1, -0.05) is 6.07 Å². The first-order chi connectivity index (χ1) is 11.6. The minimum atomic E-state index is 0.438. The molecule has 126 valence electrons. The van der Waals surface area contributed by atoms with E-state index in [1.807, 2.05) is 23.9 Å². The highest BCUT2D eigenvalue weighted by molar-refractivity contribution is 5.36. The maximum Gasteiger partial charge on any atom is 0.120 e. The summed E-state index contributed by atoms with van der Waals surface area (Å²) < 4.78 is 7.82. The molecule has 2 heterocycles. The molecule has 0 spiro atoms. The predicted molar refractivity (Wildman–Crippen MR) is 92.9 cm³/mol. The molecule has 1 atom stereocenters. The van der Waals surface area contributed by atoms with Crippen LogP contribution in [-0.4, -0.2) is 34.4 Å². The summed E-state index contributed by atoms with van der Waals surface area (Å²) >= 11 is 0. The summed E-state index contributed by atoms with van der Waals surface area (Å²) in [6.45, 7) is 6.86. The molecule has 5 nitrogen and oxygen atoms in total. The highest BCUT2D eigenvalue weighted by atomic mass is 16.5. The average Bonchev–Trinajstić information content (AvgIpc) is 3.12. The summed E-state index contributed by atoms with van der Waals surface area (Å²) in [5.41, 5.74) is 4.40. The highest BCUT2D eigenvalue weighted by Gasteiger charge is 2.30. The zero-order valence-electron chi connectivity index (χ0n) is 14.6. The van der Waals surface area contributed by atoms with Crippen molar-refractivity contribution in [3.8, 4) is 11.8 Å². The van der Waals surface area contributed by atoms with E-state index in [0.29, 0.717) is 18.2 Å². The molecule has 5 heteroatoms. The summed E-state index contributed by atoms with van der Waals surface area (Å²) in [6, 6.07) is 9.91. The van der Waals surface area contributed by atoms with Gasteiger partial charge in [-0.25, -0.2) is 0 Å². The maximum atomic E-state index is 8.95. The summed E-state index contributed by atoms with van der Waals surface area (Å²) in [5.74, 6) is 0.763. The molecule has 1 aromatic heterocycles. The number of aromatic nitrogens is 2. The van der Waals surface area contributed by atoms with Crippen LogP contribution in [0.25, 0.3) is 0 Å². The average molecular weight is 324 g/mol. The van der Waals surface area contributed by atoms with Crippen molar-refractivity contribution in [1.82, 2.24) is 14.7 Å². The second kappa shape index (κ2) is 7.06. The Labute approximate surface area is 143 Å². The Hall–Kier alpha value is -2.32. The first kappa shape index (κ1) is 16.5. The first-order valence-corrected chi connectivity index (χ1v) is 8.47. The lowest BCUT2D eigenvalue weighted by Crippen LogP contribution is -2.28. The molecule has 0 saturated carbocycles. The van der Waals surface area contributed by atoms with Crippen LogP contribution < -0.4 is 4.74 Å². The van der Waals surface area contributed by atoms with Crippen molar-refractivity contribution in [3.05, 3.63) is 46.8 Å². The smallest absolute Gasteiger partial charge is 0.120 e. The zero-order valence-corrected chi connectivity index (χ0v) is 14.6. The van der Waals surface area contributed by atoms with Gasteiger partial charge in [0.15, 0.2) is 0 Å². The summed E-state index contributed by atoms with van der Waals surface area (Å²) in [5, 5.41) is 13.5. The standard InChI is InChI=1S/C19H24N4O/c1-14-19(15(2)22(3)21-14)18-8-5-9-23(18)10-11-24-17-7-4-6-16(12-17)13-20/h4,6-7,12,18H,5,8-11H2,1-3H3/t18-/m1/s1. The number of likely N-dealkylation sites (tertiary alicyclic amines) is 1. The van der Waals surface area contributed by atoms with Gasteiger partial charge >= 0.3 is 0 Å². The molecule has 0 radical (unpaired) electrons. The van der Waals surface area contributed by atoms with Crippen molar-refractivity contribution in [1.29, 1.82) is 5.26 Å². The minimum Gasteiger partial charge on any atom is -0.492 e. The third-order valence-corrected chi connectivity index (χ3v) is 4.87. The quantitative estimate of drug-likeness (QED) is 0.848. The fraction of sp³-hybridized carbons (Fsp3) is 0.474. The van der Waals surface area contributed by atoms with Crippen LogP contribution in [0.5, 0.6) is 5.75 Å². The number of benzene rings is 1. The molecule has 24 heavy (non-hydrogen) atoms. The Morgan fingerprint density at radius 3 is 2.92 bits per heavy atom. The number of nitriles is 1. The van der Waals surface area contributed by atoms with Gasteiger partial charge in [-0.2, -0.15) is 10.4 Å². The topological polar surface area (TPSA) is 54.1 Å². The van der Waals surface area contributed by atoms with Crippen molar-refractivity contribution in [2.24, 2.45) is 7.05 Å². The third-order valence-electron chi connectivity index (χ3n) is 4.87. The van der Waals surface area contributed by atoms with Gasteiger partial charge in [0.1, 0.15) is 12.4 Å². The molecular weight excluding hydrogens is 300 g/mol. The van der Waals surface area contributed by atoms with Crippen LogP contribution in [-0.2, 0) is 7.05 Å². The number of nitrogens with zero attached hydrogens (tertiary/aromatic N) is 4. The van der Waals surface area contributed by atoms with Crippen molar-refractivity contribution in [2.75, 3.05) is 19.7 Å². The molecule has 0 aliphatic carbocycles. The molecular formula is C19H24N4O. The Morgan fingerprint density at radius 1 is 1.38 bits per heavy atom. The number of rotatable bonds is 5. The Morgan fingerprint density at radius 2 is 2.21 bits per heavy atom. The maximum absolute atomic E-state index is 8.95. The van der Waals surface area contributed by atoms with Crippen LogP contribution in [0.3, 0.4) is 0 Å². The van der Waals surface area contributed by atoms with E-state index < -0.39 is 0 Å². The lowest BCUT2D eigenvalue weighted by molar-refractivity contribution is 0.197. The number of hydrogen-bond donors (Lipinski definition) is 0. The van der Waals surface area contributed by atoms with Crippen molar-refractivity contribution in [2.45, 2.75) is 32.7 Å². The van der Waals surface area contributed by atoms with Crippen molar-refractivity contribution >= 4 is 0 Å². The van der Waals surface area contributed by atoms with E-state index in [4.69, 9.17) is 10.00 Å². The van der Waals surface area contributed by atoms with Gasteiger partial charge < -0.3 is 4.74 Å². The van der Waals surface area contributed by atoms with E-state index >= 15 is 0 Å². The van der Waals surface area contributed by atoms with Gasteiger partial charge in [-0.3, -0.25) is 9.58 Å². The van der Waals surface area contributed by atoms with Gasteiger partial charge in [-0.05, 0) is 51.4 Å². The molecule has 0 unspecified atom stereocenters. The number of hydrogen-bond acceptors (Lipinski definition) is 4. The minimum absolute atomic E-state index is 0.438. The van der Waals surface area contributed by atoms with Crippen molar-refractivity contribution < 1.29 is 4.74 Å². The second-order valence-electron chi connectivity index (χ2n) is 6.39. The first-order valence-electron chi connectivity index (χ1n) is 8.47. The fourth-order valence-electron chi connectivity index (χ4n) is 3.63. The van der Waals surface area contributed by atoms with E-state index in [2.05, 4.69) is 29.9 Å². The lowest BCUT2D eigenvalue weighted by Gasteiger charge is -2.25. The molecule has 1 aliphatic rings. The highest BCUT2D eigenvalue weighted by Crippen LogP contribution is 2.35. The van der Waals surface area contributed by atoms with E-state index in [-0.39, 0.29) is 0 Å². The monoisotopic (exact) mass is 324 g/mol. The van der Waals surface area contributed by atoms with Crippen LogP contribution in [0.1, 0.15) is 41.4 Å². The van der Waals surface area contributed by atoms with E-state index in [9.17, 15) is 0 Å². The SMILES string of the molecule is Cc1nn(C)c(C)c1[C@H]1CCCN1CCOc1cccc(C#N)c1. The third kappa shape index (κ3) is 3.29. The van der Waals surface area contributed by atoms with Crippen LogP contribution in [0.2, 0.25) is 0 Å². The molecule has 1 aromatic carbocycles. The Balaban J connectivity index is 1.63. The molecule has 1 saturated heterocycles. The molecule has 0 bridgehead atoms. The predicted octanol–water partition coefficient (Wildman–Crippen LogP) is 3.12. The molecule has 0 amide bonds. The largest absolute Gasteiger partial charge is 0.492 e. The van der Waals surface area contributed by atoms with Crippen LogP contribution in [0.4, 0.5) is 0 Å². The van der Waals surface area contributed by atoms with E-state index in [0.717, 1.165) is 24.5 Å². The number of aryl methyl sites for hydroxylation is 2. The summed E-state index contributed by atoms with van der Waals surface area (Å²) in [4.78, 5) is 2.49. The molecule has 3 rings (SSSR count). The van der Waals surface area contributed by atoms with Crippen LogP contribution >= 0.6 is 0 Å². The Bertz CT molecular complexity index is 759. The van der Waals surface area contributed by atoms with Crippen molar-refractivity contribution in [3.63, 3.8) is 0 Å². The summed E-state index contributed by atoms with van der Waals surface area (Å²) in [7, 11) is 2.01.